The number of carboxylic acids is 1. The maximum Gasteiger partial charge on any atom is 0.339 e. The predicted octanol–water partition coefficient (Wildman–Crippen LogP) is 0.804. The van der Waals surface area contributed by atoms with E-state index in [9.17, 15) is 9.59 Å². The van der Waals surface area contributed by atoms with Crippen LogP contribution in [0, 0.1) is 6.92 Å². The van der Waals surface area contributed by atoms with Gasteiger partial charge in [0.25, 0.3) is 0 Å². The highest BCUT2D eigenvalue weighted by Crippen LogP contribution is 2.07. The van der Waals surface area contributed by atoms with Crippen molar-refractivity contribution in [2.75, 3.05) is 0 Å². The molecule has 2 N–H and O–H groups in total. The minimum atomic E-state index is -1.000. The Labute approximate surface area is 99.6 Å². The summed E-state index contributed by atoms with van der Waals surface area (Å²) in [5.74, 6) is -1.06. The summed E-state index contributed by atoms with van der Waals surface area (Å²) in [7, 11) is 0. The first-order valence-corrected chi connectivity index (χ1v) is 5.47. The van der Waals surface area contributed by atoms with Gasteiger partial charge in [-0.15, -0.1) is 0 Å². The quantitative estimate of drug-likeness (QED) is 0.796. The van der Waals surface area contributed by atoms with Gasteiger partial charge >= 0.3 is 5.97 Å². The molecule has 0 saturated heterocycles. The van der Waals surface area contributed by atoms with Crippen molar-refractivity contribution < 1.29 is 14.7 Å². The first-order chi connectivity index (χ1) is 7.91. The van der Waals surface area contributed by atoms with Gasteiger partial charge in [0, 0.05) is 24.7 Å². The molecule has 0 fully saturated rings. The number of hydrogen-bond donors (Lipinski definition) is 2. The van der Waals surface area contributed by atoms with E-state index in [1.807, 2.05) is 13.8 Å². The third-order valence-corrected chi connectivity index (χ3v) is 2.33. The lowest BCUT2D eigenvalue weighted by atomic mass is 10.2. The molecule has 0 unspecified atom stereocenters. The average Bonchev–Trinajstić information content (AvgIpc) is 2.55. The SMILES string of the molecule is Cc1c(C(=O)O)cnn1CCC(=O)NC(C)C. The fourth-order valence-electron chi connectivity index (χ4n) is 1.48. The highest BCUT2D eigenvalue weighted by Gasteiger charge is 2.13. The zero-order valence-electron chi connectivity index (χ0n) is 10.2. The fraction of sp³-hybridized carbons (Fsp3) is 0.545. The molecule has 6 nitrogen and oxygen atoms in total. The molecule has 0 saturated carbocycles. The molecule has 0 spiro atoms. The third kappa shape index (κ3) is 3.58. The number of carboxylic acid groups (broad SMARTS) is 1. The minimum Gasteiger partial charge on any atom is -0.478 e. The molecule has 94 valence electrons. The average molecular weight is 239 g/mol. The van der Waals surface area contributed by atoms with Crippen LogP contribution >= 0.6 is 0 Å². The molecule has 6 heteroatoms. The zero-order valence-corrected chi connectivity index (χ0v) is 10.2. The number of aromatic nitrogens is 2. The van der Waals surface area contributed by atoms with E-state index in [0.29, 0.717) is 18.7 Å². The second-order valence-electron chi connectivity index (χ2n) is 4.14. The van der Waals surface area contributed by atoms with Crippen molar-refractivity contribution in [1.82, 2.24) is 15.1 Å². The van der Waals surface area contributed by atoms with Crippen molar-refractivity contribution in [2.45, 2.75) is 39.8 Å². The van der Waals surface area contributed by atoms with E-state index >= 15 is 0 Å². The molecule has 0 aliphatic rings. The van der Waals surface area contributed by atoms with E-state index in [1.54, 1.807) is 6.92 Å². The topological polar surface area (TPSA) is 84.2 Å². The molecule has 0 radical (unpaired) electrons. The summed E-state index contributed by atoms with van der Waals surface area (Å²) in [6.45, 7) is 5.84. The molecule has 1 rings (SSSR count). The normalized spacial score (nSPS) is 10.6. The van der Waals surface area contributed by atoms with Crippen molar-refractivity contribution in [2.24, 2.45) is 0 Å². The first kappa shape index (κ1) is 13.2. The zero-order chi connectivity index (χ0) is 13.0. The Morgan fingerprint density at radius 2 is 2.18 bits per heavy atom. The molecule has 1 aromatic rings. The number of hydrogen-bond acceptors (Lipinski definition) is 3. The van der Waals surface area contributed by atoms with Gasteiger partial charge in [0.05, 0.1) is 6.20 Å². The highest BCUT2D eigenvalue weighted by molar-refractivity contribution is 5.88. The lowest BCUT2D eigenvalue weighted by Gasteiger charge is -2.08. The Hall–Kier alpha value is -1.85. The molecule has 1 heterocycles. The maximum absolute atomic E-state index is 11.4. The number of amides is 1. The van der Waals surface area contributed by atoms with Crippen molar-refractivity contribution in [3.05, 3.63) is 17.5 Å². The summed E-state index contributed by atoms with van der Waals surface area (Å²) >= 11 is 0. The maximum atomic E-state index is 11.4. The summed E-state index contributed by atoms with van der Waals surface area (Å²) in [5.41, 5.74) is 0.740. The van der Waals surface area contributed by atoms with Crippen LogP contribution in [0.15, 0.2) is 6.20 Å². The van der Waals surface area contributed by atoms with E-state index in [4.69, 9.17) is 5.11 Å². The summed E-state index contributed by atoms with van der Waals surface area (Å²) in [5, 5.41) is 15.6. The van der Waals surface area contributed by atoms with Crippen LogP contribution in [0.5, 0.6) is 0 Å². The van der Waals surface area contributed by atoms with E-state index in [-0.39, 0.29) is 17.5 Å². The lowest BCUT2D eigenvalue weighted by Crippen LogP contribution is -2.30. The van der Waals surface area contributed by atoms with Crippen LogP contribution in [-0.2, 0) is 11.3 Å². The van der Waals surface area contributed by atoms with Gasteiger partial charge in [-0.25, -0.2) is 4.79 Å². The Morgan fingerprint density at radius 1 is 1.53 bits per heavy atom. The van der Waals surface area contributed by atoms with Crippen LogP contribution in [0.3, 0.4) is 0 Å². The van der Waals surface area contributed by atoms with E-state index in [1.165, 1.54) is 10.9 Å². The molecule has 0 aliphatic carbocycles. The van der Waals surface area contributed by atoms with Crippen LogP contribution in [0.25, 0.3) is 0 Å². The van der Waals surface area contributed by atoms with Crippen molar-refractivity contribution >= 4 is 11.9 Å². The Bertz CT molecular complexity index is 424. The summed E-state index contributed by atoms with van der Waals surface area (Å²) in [6.07, 6.45) is 1.60. The molecule has 0 bridgehead atoms. The smallest absolute Gasteiger partial charge is 0.339 e. The molecular weight excluding hydrogens is 222 g/mol. The Kier molecular flexibility index (Phi) is 4.25. The van der Waals surface area contributed by atoms with Crippen LogP contribution < -0.4 is 5.32 Å². The van der Waals surface area contributed by atoms with Crippen LogP contribution in [-0.4, -0.2) is 32.8 Å². The Morgan fingerprint density at radius 3 is 2.65 bits per heavy atom. The number of carbonyl (C=O) groups excluding carboxylic acids is 1. The van der Waals surface area contributed by atoms with Crippen LogP contribution in [0.1, 0.15) is 36.3 Å². The minimum absolute atomic E-state index is 0.0632. The largest absolute Gasteiger partial charge is 0.478 e. The van der Waals surface area contributed by atoms with Crippen molar-refractivity contribution in [3.8, 4) is 0 Å². The number of nitrogens with one attached hydrogen (secondary N) is 1. The van der Waals surface area contributed by atoms with Gasteiger partial charge < -0.3 is 10.4 Å². The molecule has 0 aliphatic heterocycles. The highest BCUT2D eigenvalue weighted by atomic mass is 16.4. The van der Waals surface area contributed by atoms with Gasteiger partial charge in [0.1, 0.15) is 5.56 Å². The van der Waals surface area contributed by atoms with Crippen molar-refractivity contribution in [1.29, 1.82) is 0 Å². The van der Waals surface area contributed by atoms with Gasteiger partial charge in [0.15, 0.2) is 0 Å². The van der Waals surface area contributed by atoms with E-state index in [2.05, 4.69) is 10.4 Å². The standard InChI is InChI=1S/C11H17N3O3/c1-7(2)13-10(15)4-5-14-8(3)9(6-12-14)11(16)17/h6-7H,4-5H2,1-3H3,(H,13,15)(H,16,17). The number of aromatic carboxylic acids is 1. The fourth-order valence-corrected chi connectivity index (χ4v) is 1.48. The van der Waals surface area contributed by atoms with Gasteiger partial charge in [0.2, 0.25) is 5.91 Å². The predicted molar refractivity (Wildman–Crippen MR) is 61.8 cm³/mol. The third-order valence-electron chi connectivity index (χ3n) is 2.33. The molecular formula is C11H17N3O3. The molecule has 1 amide bonds. The lowest BCUT2D eigenvalue weighted by molar-refractivity contribution is -0.121. The summed E-state index contributed by atoms with van der Waals surface area (Å²) < 4.78 is 1.53. The van der Waals surface area contributed by atoms with E-state index in [0.717, 1.165) is 0 Å². The van der Waals surface area contributed by atoms with Gasteiger partial charge in [-0.2, -0.15) is 5.10 Å². The van der Waals surface area contributed by atoms with Gasteiger partial charge in [-0.3, -0.25) is 9.48 Å². The number of aryl methyl sites for hydroxylation is 1. The molecule has 0 atom stereocenters. The van der Waals surface area contributed by atoms with Crippen LogP contribution in [0.2, 0.25) is 0 Å². The number of rotatable bonds is 5. The second kappa shape index (κ2) is 5.47. The summed E-state index contributed by atoms with van der Waals surface area (Å²) in [6, 6.07) is 0.107. The monoisotopic (exact) mass is 239 g/mol. The van der Waals surface area contributed by atoms with Gasteiger partial charge in [-0.05, 0) is 20.8 Å². The number of carbonyl (C=O) groups is 2. The van der Waals surface area contributed by atoms with E-state index < -0.39 is 5.97 Å². The second-order valence-corrected chi connectivity index (χ2v) is 4.14. The van der Waals surface area contributed by atoms with Crippen molar-refractivity contribution in [3.63, 3.8) is 0 Å². The molecule has 1 aromatic heterocycles. The van der Waals surface area contributed by atoms with Gasteiger partial charge in [-0.1, -0.05) is 0 Å². The first-order valence-electron chi connectivity index (χ1n) is 5.47. The molecule has 17 heavy (non-hydrogen) atoms. The Balaban J connectivity index is 2.58. The number of nitrogens with zero attached hydrogens (tertiary/aromatic N) is 2. The van der Waals surface area contributed by atoms with Crippen LogP contribution in [0.4, 0.5) is 0 Å². The summed E-state index contributed by atoms with van der Waals surface area (Å²) in [4.78, 5) is 22.2. The molecule has 0 aromatic carbocycles.